The van der Waals surface area contributed by atoms with E-state index in [0.717, 1.165) is 14.7 Å². The first kappa shape index (κ1) is 18.5. The van der Waals surface area contributed by atoms with E-state index in [0.29, 0.717) is 17.7 Å². The first-order chi connectivity index (χ1) is 12.8. The highest BCUT2D eigenvalue weighted by molar-refractivity contribution is 7.99. The lowest BCUT2D eigenvalue weighted by Gasteiger charge is -2.44. The van der Waals surface area contributed by atoms with Gasteiger partial charge in [0.15, 0.2) is 0 Å². The second kappa shape index (κ2) is 6.62. The van der Waals surface area contributed by atoms with Crippen LogP contribution in [-0.4, -0.2) is 61.0 Å². The summed E-state index contributed by atoms with van der Waals surface area (Å²) in [5.41, 5.74) is 0.666. The number of aliphatic hydroxyl groups is 2. The van der Waals surface area contributed by atoms with E-state index in [1.807, 2.05) is 28.5 Å². The molecule has 1 amide bonds. The quantitative estimate of drug-likeness (QED) is 0.360. The number of carbonyl (C=O) groups is 2. The number of carbonyl (C=O) groups excluding carboxylic acids is 1. The molecule has 3 atom stereocenters. The van der Waals surface area contributed by atoms with Crippen LogP contribution >= 0.6 is 23.1 Å². The van der Waals surface area contributed by atoms with Gasteiger partial charge in [-0.05, 0) is 13.3 Å². The van der Waals surface area contributed by atoms with Crippen molar-refractivity contribution < 1.29 is 29.5 Å². The highest BCUT2D eigenvalue weighted by Crippen LogP contribution is 2.48. The smallest absolute Gasteiger partial charge is 0.352 e. The van der Waals surface area contributed by atoms with Gasteiger partial charge in [0.25, 0.3) is 0 Å². The minimum absolute atomic E-state index is 0.0281. The molecule has 0 bridgehead atoms. The predicted octanol–water partition coefficient (Wildman–Crippen LogP) is 0.317. The number of rotatable bonds is 6. The highest BCUT2D eigenvalue weighted by atomic mass is 32.2. The van der Waals surface area contributed by atoms with Gasteiger partial charge < -0.3 is 20.2 Å². The molecule has 0 aromatic carbocycles. The lowest BCUT2D eigenvalue weighted by molar-refractivity contribution is -0.705. The van der Waals surface area contributed by atoms with E-state index < -0.39 is 18.0 Å². The standard InChI is InChI=1S/C17H19N3O5S2/c1-8(22)12-10-5-9(13(17(24)25)20(10)14(12)23)11-6-19-7-18(2)15(16(19)27-11)26-4-3-21/h6-8,10,12,21-22H,3-5H2,1-2H3/p+1/t8-,10-,12-/m1/s1. The van der Waals surface area contributed by atoms with Crippen LogP contribution < -0.4 is 4.57 Å². The fourth-order valence-corrected chi connectivity index (χ4v) is 6.11. The van der Waals surface area contributed by atoms with Crippen molar-refractivity contribution >= 4 is 45.4 Å². The first-order valence-electron chi connectivity index (χ1n) is 8.56. The molecule has 0 spiro atoms. The molecule has 2 aromatic heterocycles. The topological polar surface area (TPSA) is 106 Å². The number of carboxylic acid groups (broad SMARTS) is 1. The molecule has 4 rings (SSSR count). The number of amides is 1. The lowest BCUT2D eigenvalue weighted by Crippen LogP contribution is -2.61. The summed E-state index contributed by atoms with van der Waals surface area (Å²) in [5.74, 6) is -1.42. The molecule has 2 aromatic rings. The summed E-state index contributed by atoms with van der Waals surface area (Å²) in [6, 6.07) is -0.292. The summed E-state index contributed by atoms with van der Waals surface area (Å²) in [6.07, 6.45) is 3.42. The molecular formula is C17H20N3O5S2+. The van der Waals surface area contributed by atoms with Crippen molar-refractivity contribution in [3.8, 4) is 0 Å². The number of imidazole rings is 1. The Morgan fingerprint density at radius 3 is 2.89 bits per heavy atom. The Bertz CT molecular complexity index is 977. The van der Waals surface area contributed by atoms with Crippen molar-refractivity contribution in [2.24, 2.45) is 13.0 Å². The molecule has 0 radical (unpaired) electrons. The van der Waals surface area contributed by atoms with Crippen LogP contribution in [0.4, 0.5) is 0 Å². The maximum atomic E-state index is 12.4. The van der Waals surface area contributed by atoms with Gasteiger partial charge >= 0.3 is 5.97 Å². The molecular weight excluding hydrogens is 390 g/mol. The van der Waals surface area contributed by atoms with E-state index >= 15 is 0 Å². The Hall–Kier alpha value is -1.88. The van der Waals surface area contributed by atoms with Gasteiger partial charge in [-0.15, -0.1) is 0 Å². The van der Waals surface area contributed by atoms with Crippen molar-refractivity contribution in [1.82, 2.24) is 9.30 Å². The zero-order chi connectivity index (χ0) is 19.5. The summed E-state index contributed by atoms with van der Waals surface area (Å²) < 4.78 is 3.91. The van der Waals surface area contributed by atoms with Gasteiger partial charge in [0.1, 0.15) is 11.9 Å². The Balaban J connectivity index is 1.75. The SMILES string of the molecule is C[C@@H](O)[C@H]1C(=O)N2C(C(=O)O)=C(c3cn4c[n+](C)c(SCCO)c4s3)C[C@H]12. The van der Waals surface area contributed by atoms with Crippen molar-refractivity contribution in [2.75, 3.05) is 12.4 Å². The average Bonchev–Trinajstić information content (AvgIpc) is 3.21. The Labute approximate surface area is 163 Å². The molecule has 2 aliphatic heterocycles. The third-order valence-electron chi connectivity index (χ3n) is 5.06. The minimum atomic E-state index is -1.12. The highest BCUT2D eigenvalue weighted by Gasteiger charge is 2.57. The number of nitrogens with zero attached hydrogens (tertiary/aromatic N) is 3. The van der Waals surface area contributed by atoms with Crippen molar-refractivity contribution in [3.05, 3.63) is 23.1 Å². The van der Waals surface area contributed by atoms with E-state index in [2.05, 4.69) is 0 Å². The summed E-state index contributed by atoms with van der Waals surface area (Å²) in [7, 11) is 1.93. The largest absolute Gasteiger partial charge is 0.477 e. The molecule has 1 fully saturated rings. The van der Waals surface area contributed by atoms with E-state index in [1.54, 1.807) is 6.92 Å². The molecule has 8 nitrogen and oxygen atoms in total. The lowest BCUT2D eigenvalue weighted by atomic mass is 9.83. The number of β-lactam (4-membered cyclic amide) rings is 1. The van der Waals surface area contributed by atoms with Gasteiger partial charge in [-0.25, -0.2) is 9.36 Å². The maximum absolute atomic E-state index is 12.4. The number of aliphatic carboxylic acids is 1. The monoisotopic (exact) mass is 410 g/mol. The molecule has 0 aliphatic carbocycles. The van der Waals surface area contributed by atoms with Crippen LogP contribution in [0.1, 0.15) is 18.2 Å². The summed E-state index contributed by atoms with van der Waals surface area (Å²) in [5, 5.41) is 29.7. The zero-order valence-corrected chi connectivity index (χ0v) is 16.5. The summed E-state index contributed by atoms with van der Waals surface area (Å²) in [6.45, 7) is 1.65. The van der Waals surface area contributed by atoms with E-state index in [4.69, 9.17) is 5.11 Å². The van der Waals surface area contributed by atoms with E-state index in [-0.39, 0.29) is 24.3 Å². The maximum Gasteiger partial charge on any atom is 0.352 e. The Morgan fingerprint density at radius 2 is 2.26 bits per heavy atom. The fourth-order valence-electron chi connectivity index (χ4n) is 3.93. The fraction of sp³-hybridized carbons (Fsp3) is 0.471. The van der Waals surface area contributed by atoms with Gasteiger partial charge in [-0.3, -0.25) is 4.79 Å². The number of carboxylic acids is 1. The van der Waals surface area contributed by atoms with Crippen LogP contribution in [0.2, 0.25) is 0 Å². The zero-order valence-electron chi connectivity index (χ0n) is 14.8. The van der Waals surface area contributed by atoms with Gasteiger partial charge in [0, 0.05) is 11.3 Å². The summed E-state index contributed by atoms with van der Waals surface area (Å²) in [4.78, 5) is 27.3. The number of fused-ring (bicyclic) bond motifs is 2. The molecule has 10 heteroatoms. The van der Waals surface area contributed by atoms with E-state index in [1.165, 1.54) is 28.0 Å². The molecule has 0 unspecified atom stereocenters. The molecule has 2 aliphatic rings. The second-order valence-corrected chi connectivity index (χ2v) is 8.90. The van der Waals surface area contributed by atoms with Crippen LogP contribution in [0, 0.1) is 5.92 Å². The van der Waals surface area contributed by atoms with Crippen molar-refractivity contribution in [2.45, 2.75) is 30.5 Å². The Morgan fingerprint density at radius 1 is 1.52 bits per heavy atom. The third kappa shape index (κ3) is 2.70. The van der Waals surface area contributed by atoms with Crippen LogP contribution in [-0.2, 0) is 16.6 Å². The Kier molecular flexibility index (Phi) is 4.53. The van der Waals surface area contributed by atoms with Gasteiger partial charge in [0.05, 0.1) is 36.6 Å². The number of aryl methyl sites for hydroxylation is 1. The third-order valence-corrected chi connectivity index (χ3v) is 7.50. The van der Waals surface area contributed by atoms with E-state index in [9.17, 15) is 19.8 Å². The number of hydrogen-bond donors (Lipinski definition) is 3. The molecule has 3 N–H and O–H groups in total. The molecule has 144 valence electrons. The average molecular weight is 410 g/mol. The van der Waals surface area contributed by atoms with Crippen LogP contribution in [0.25, 0.3) is 10.4 Å². The van der Waals surface area contributed by atoms with Crippen molar-refractivity contribution in [3.63, 3.8) is 0 Å². The molecule has 27 heavy (non-hydrogen) atoms. The van der Waals surface area contributed by atoms with Crippen LogP contribution in [0.15, 0.2) is 23.2 Å². The molecule has 4 heterocycles. The molecule has 1 saturated heterocycles. The number of hydrogen-bond acceptors (Lipinski definition) is 6. The summed E-state index contributed by atoms with van der Waals surface area (Å²) >= 11 is 3.01. The second-order valence-electron chi connectivity index (χ2n) is 6.79. The normalized spacial score (nSPS) is 23.1. The minimum Gasteiger partial charge on any atom is -0.477 e. The van der Waals surface area contributed by atoms with Crippen LogP contribution in [0.3, 0.4) is 0 Å². The van der Waals surface area contributed by atoms with Gasteiger partial charge in [0.2, 0.25) is 22.1 Å². The van der Waals surface area contributed by atoms with Crippen LogP contribution in [0.5, 0.6) is 0 Å². The van der Waals surface area contributed by atoms with Gasteiger partial charge in [-0.2, -0.15) is 4.40 Å². The van der Waals surface area contributed by atoms with Gasteiger partial charge in [-0.1, -0.05) is 23.1 Å². The first-order valence-corrected chi connectivity index (χ1v) is 10.4. The van der Waals surface area contributed by atoms with Crippen molar-refractivity contribution in [1.29, 1.82) is 0 Å². The molecule has 0 saturated carbocycles. The predicted molar refractivity (Wildman–Crippen MR) is 99.2 cm³/mol. The number of thiazole rings is 1. The number of thioether (sulfide) groups is 1. The number of aliphatic hydroxyl groups excluding tert-OH is 2. The number of aromatic nitrogens is 2.